The van der Waals surface area contributed by atoms with Gasteiger partial charge in [-0.05, 0) is 74.3 Å². The topological polar surface area (TPSA) is 90.1 Å². The first kappa shape index (κ1) is 22.3. The summed E-state index contributed by atoms with van der Waals surface area (Å²) in [6, 6.07) is 10.5. The van der Waals surface area contributed by atoms with E-state index < -0.39 is 0 Å². The Hall–Kier alpha value is -3.55. The number of ether oxygens (including phenoxy) is 1. The van der Waals surface area contributed by atoms with Gasteiger partial charge in [0.05, 0.1) is 12.3 Å². The number of carbonyl (C=O) groups excluding carboxylic acids is 1. The average Bonchev–Trinajstić information content (AvgIpc) is 3.30. The van der Waals surface area contributed by atoms with Crippen molar-refractivity contribution in [2.75, 3.05) is 6.61 Å². The lowest BCUT2D eigenvalue weighted by atomic mass is 9.64. The largest absolute Gasteiger partial charge is 0.450 e. The molecule has 3 aromatic rings. The normalized spacial score (nSPS) is 23.8. The van der Waals surface area contributed by atoms with Crippen molar-refractivity contribution in [2.24, 2.45) is 11.8 Å². The van der Waals surface area contributed by atoms with Gasteiger partial charge in [-0.15, -0.1) is 0 Å². The number of aromatic nitrogens is 3. The second kappa shape index (κ2) is 9.75. The first-order chi connectivity index (χ1) is 16.6. The average molecular weight is 463 g/mol. The zero-order valence-electron chi connectivity index (χ0n) is 19.0. The van der Waals surface area contributed by atoms with Crippen molar-refractivity contribution in [1.29, 1.82) is 0 Å². The van der Waals surface area contributed by atoms with E-state index in [1.165, 1.54) is 12.1 Å². The molecule has 0 aliphatic heterocycles. The lowest BCUT2D eigenvalue weighted by Crippen LogP contribution is -2.44. The molecule has 0 radical (unpaired) electrons. The second-order valence-electron chi connectivity index (χ2n) is 8.97. The molecular formula is C26H27FN4O3. The number of hydrogen-bond acceptors (Lipinski definition) is 6. The van der Waals surface area contributed by atoms with E-state index in [1.807, 2.05) is 24.3 Å². The van der Waals surface area contributed by atoms with E-state index in [4.69, 9.17) is 9.37 Å². The quantitative estimate of drug-likeness (QED) is 0.564. The Morgan fingerprint density at radius 3 is 2.94 bits per heavy atom. The molecule has 0 bridgehead atoms. The number of nitrogens with zero attached hydrogens (tertiary/aromatic N) is 3. The van der Waals surface area contributed by atoms with Crippen LogP contribution in [0.3, 0.4) is 0 Å². The Bertz CT molecular complexity index is 1180. The number of allylic oxidation sites excluding steroid dienone is 1. The van der Waals surface area contributed by atoms with Gasteiger partial charge in [-0.1, -0.05) is 34.6 Å². The van der Waals surface area contributed by atoms with Crippen molar-refractivity contribution in [1.82, 2.24) is 20.6 Å². The summed E-state index contributed by atoms with van der Waals surface area (Å²) in [7, 11) is 0. The molecule has 5 rings (SSSR count). The summed E-state index contributed by atoms with van der Waals surface area (Å²) >= 11 is 0. The second-order valence-corrected chi connectivity index (χ2v) is 8.97. The molecule has 2 aliphatic rings. The van der Waals surface area contributed by atoms with Crippen LogP contribution in [-0.4, -0.2) is 34.0 Å². The fourth-order valence-electron chi connectivity index (χ4n) is 5.30. The van der Waals surface area contributed by atoms with Gasteiger partial charge in [0, 0.05) is 23.7 Å². The van der Waals surface area contributed by atoms with Gasteiger partial charge in [-0.2, -0.15) is 0 Å². The zero-order chi connectivity index (χ0) is 23.5. The van der Waals surface area contributed by atoms with Crippen LogP contribution in [-0.2, 0) is 11.2 Å². The smallest absolute Gasteiger partial charge is 0.407 e. The Morgan fingerprint density at radius 1 is 1.24 bits per heavy atom. The number of rotatable bonds is 5. The third-order valence-electron chi connectivity index (χ3n) is 6.88. The van der Waals surface area contributed by atoms with Crippen LogP contribution in [0.2, 0.25) is 0 Å². The molecule has 8 heteroatoms. The van der Waals surface area contributed by atoms with Gasteiger partial charge in [0.15, 0.2) is 0 Å². The van der Waals surface area contributed by atoms with Crippen molar-refractivity contribution in [3.63, 3.8) is 0 Å². The minimum atomic E-state index is -0.352. The summed E-state index contributed by atoms with van der Waals surface area (Å²) in [6.45, 7) is 2.17. The van der Waals surface area contributed by atoms with Crippen LogP contribution in [0.4, 0.5) is 9.18 Å². The van der Waals surface area contributed by atoms with E-state index in [2.05, 4.69) is 26.7 Å². The standard InChI is InChI=1S/C26H27FN4O3/c1-2-33-26(32)29-21-9-10-22-18(13-21)14-24-25(31-34-30-24)23(22)11-8-20-7-6-17(15-28-20)16-4-3-5-19(27)12-16/h3-8,11-12,15,18,21-23H,2,9-10,13-14H2,1H3,(H,29,32)/b11-8+/t18-,21-,22+,23-/m0/s1. The highest BCUT2D eigenvalue weighted by atomic mass is 19.1. The molecule has 4 atom stereocenters. The van der Waals surface area contributed by atoms with Crippen molar-refractivity contribution >= 4 is 12.2 Å². The maximum absolute atomic E-state index is 13.5. The van der Waals surface area contributed by atoms with E-state index in [-0.39, 0.29) is 23.9 Å². The molecule has 7 nitrogen and oxygen atoms in total. The highest BCUT2D eigenvalue weighted by Gasteiger charge is 2.42. The monoisotopic (exact) mass is 462 g/mol. The number of halogens is 1. The lowest BCUT2D eigenvalue weighted by Gasteiger charge is -2.41. The summed E-state index contributed by atoms with van der Waals surface area (Å²) < 4.78 is 23.7. The summed E-state index contributed by atoms with van der Waals surface area (Å²) in [5, 5.41) is 11.3. The molecule has 176 valence electrons. The molecule has 2 aliphatic carbocycles. The number of pyridine rings is 1. The highest BCUT2D eigenvalue weighted by Crippen LogP contribution is 2.46. The number of alkyl carbamates (subject to hydrolysis) is 1. The molecule has 2 heterocycles. The number of hydrogen-bond donors (Lipinski definition) is 1. The Kier molecular flexibility index (Phi) is 6.38. The van der Waals surface area contributed by atoms with Crippen LogP contribution in [0.25, 0.3) is 17.2 Å². The third-order valence-corrected chi connectivity index (χ3v) is 6.88. The molecule has 34 heavy (non-hydrogen) atoms. The van der Waals surface area contributed by atoms with Gasteiger partial charge < -0.3 is 10.1 Å². The van der Waals surface area contributed by atoms with Gasteiger partial charge in [-0.3, -0.25) is 4.98 Å². The number of benzene rings is 1. The molecular weight excluding hydrogens is 435 g/mol. The first-order valence-corrected chi connectivity index (χ1v) is 11.8. The van der Waals surface area contributed by atoms with Gasteiger partial charge in [0.2, 0.25) is 0 Å². The van der Waals surface area contributed by atoms with Gasteiger partial charge >= 0.3 is 6.09 Å². The van der Waals surface area contributed by atoms with Crippen LogP contribution < -0.4 is 5.32 Å². The van der Waals surface area contributed by atoms with Crippen molar-refractivity contribution in [3.8, 4) is 11.1 Å². The van der Waals surface area contributed by atoms with Gasteiger partial charge in [-0.25, -0.2) is 13.8 Å². The summed E-state index contributed by atoms with van der Waals surface area (Å²) in [6.07, 6.45) is 9.09. The number of carbonyl (C=O) groups is 1. The summed E-state index contributed by atoms with van der Waals surface area (Å²) in [5.74, 6) is 0.575. The predicted octanol–water partition coefficient (Wildman–Crippen LogP) is 5.15. The highest BCUT2D eigenvalue weighted by molar-refractivity contribution is 5.67. The zero-order valence-corrected chi connectivity index (χ0v) is 19.0. The van der Waals surface area contributed by atoms with Crippen molar-refractivity contribution in [2.45, 2.75) is 44.6 Å². The first-order valence-electron chi connectivity index (χ1n) is 11.8. The molecule has 1 amide bonds. The van der Waals surface area contributed by atoms with Crippen LogP contribution in [0.1, 0.15) is 49.2 Å². The van der Waals surface area contributed by atoms with E-state index in [9.17, 15) is 9.18 Å². The minimum absolute atomic E-state index is 0.0771. The third kappa shape index (κ3) is 4.71. The molecule has 2 aromatic heterocycles. The number of nitrogens with one attached hydrogen (secondary N) is 1. The predicted molar refractivity (Wildman–Crippen MR) is 124 cm³/mol. The van der Waals surface area contributed by atoms with Crippen LogP contribution in [0.5, 0.6) is 0 Å². The van der Waals surface area contributed by atoms with E-state index in [1.54, 1.807) is 19.2 Å². The lowest BCUT2D eigenvalue weighted by molar-refractivity contribution is 0.128. The molecule has 0 unspecified atom stereocenters. The minimum Gasteiger partial charge on any atom is -0.450 e. The fraction of sp³-hybridized carbons (Fsp3) is 0.385. The van der Waals surface area contributed by atoms with Crippen LogP contribution >= 0.6 is 0 Å². The van der Waals surface area contributed by atoms with E-state index in [0.29, 0.717) is 18.4 Å². The Morgan fingerprint density at radius 2 is 2.15 bits per heavy atom. The molecule has 1 aromatic carbocycles. The van der Waals surface area contributed by atoms with Crippen LogP contribution in [0, 0.1) is 17.7 Å². The summed E-state index contributed by atoms with van der Waals surface area (Å²) in [4.78, 5) is 16.4. The van der Waals surface area contributed by atoms with Gasteiger partial charge in [0.1, 0.15) is 17.2 Å². The number of fused-ring (bicyclic) bond motifs is 2. The maximum atomic E-state index is 13.5. The Balaban J connectivity index is 1.32. The van der Waals surface area contributed by atoms with E-state index >= 15 is 0 Å². The molecule has 1 N–H and O–H groups in total. The Labute approximate surface area is 197 Å². The van der Waals surface area contributed by atoms with Crippen molar-refractivity contribution in [3.05, 3.63) is 71.6 Å². The van der Waals surface area contributed by atoms with E-state index in [0.717, 1.165) is 53.9 Å². The fourth-order valence-corrected chi connectivity index (χ4v) is 5.30. The van der Waals surface area contributed by atoms with Crippen molar-refractivity contribution < 1.29 is 18.6 Å². The molecule has 1 fully saturated rings. The van der Waals surface area contributed by atoms with Gasteiger partial charge in [0.25, 0.3) is 0 Å². The summed E-state index contributed by atoms with van der Waals surface area (Å²) in [5.41, 5.74) is 4.26. The maximum Gasteiger partial charge on any atom is 0.407 e. The molecule has 0 saturated heterocycles. The van der Waals surface area contributed by atoms with Crippen LogP contribution in [0.15, 0.2) is 53.3 Å². The molecule has 0 spiro atoms. The number of amides is 1. The molecule has 1 saturated carbocycles. The SMILES string of the molecule is CCOC(=O)N[C@H]1CC[C@@H]2[C@H](Cc3nonc3[C@H]2/C=C/c2ccc(-c3cccc(F)c3)cn2)C1.